The molecule has 9 heavy (non-hydrogen) atoms. The normalized spacial score (nSPS) is 34.3. The van der Waals surface area contributed by atoms with Crippen LogP contribution in [0.2, 0.25) is 0 Å². The zero-order valence-corrected chi connectivity index (χ0v) is 4.93. The maximum atomic E-state index is 12.3. The molecule has 1 saturated heterocycles. The number of amides is 1. The molecule has 0 saturated carbocycles. The molecular weight excluding hydrogens is 123 g/mol. The molecule has 2 unspecified atom stereocenters. The minimum absolute atomic E-state index is 0.155. The fourth-order valence-electron chi connectivity index (χ4n) is 0.902. The Kier molecular flexibility index (Phi) is 2.00. The Bertz CT molecular complexity index is 109. The van der Waals surface area contributed by atoms with Crippen LogP contribution in [0.3, 0.4) is 0 Å². The highest BCUT2D eigenvalue weighted by molar-refractivity contribution is 5.46. The Hall–Kier alpha value is -0.640. The van der Waals surface area contributed by atoms with Gasteiger partial charge in [0.1, 0.15) is 6.17 Å². The summed E-state index contributed by atoms with van der Waals surface area (Å²) in [7, 11) is 0. The van der Waals surface area contributed by atoms with E-state index in [2.05, 4.69) is 10.6 Å². The molecule has 1 rings (SSSR count). The van der Waals surface area contributed by atoms with E-state index in [0.717, 1.165) is 0 Å². The molecule has 1 aliphatic rings. The first-order valence-electron chi connectivity index (χ1n) is 2.90. The molecule has 0 spiro atoms. The lowest BCUT2D eigenvalue weighted by Crippen LogP contribution is -2.35. The Morgan fingerprint density at radius 2 is 2.56 bits per heavy atom. The number of carbonyl (C=O) groups excluding carboxylic acids is 1. The van der Waals surface area contributed by atoms with Crippen LogP contribution in [0.25, 0.3) is 0 Å². The van der Waals surface area contributed by atoms with Crippen molar-refractivity contribution < 1.29 is 9.18 Å². The molecule has 2 N–H and O–H groups in total. The lowest BCUT2D eigenvalue weighted by Gasteiger charge is -2.05. The van der Waals surface area contributed by atoms with Crippen LogP contribution in [0.1, 0.15) is 6.42 Å². The predicted octanol–water partition coefficient (Wildman–Crippen LogP) is -0.610. The van der Waals surface area contributed by atoms with Crippen molar-refractivity contribution in [3.8, 4) is 0 Å². The van der Waals surface area contributed by atoms with Gasteiger partial charge in [-0.1, -0.05) is 0 Å². The van der Waals surface area contributed by atoms with Crippen LogP contribution >= 0.6 is 0 Å². The van der Waals surface area contributed by atoms with Gasteiger partial charge in [-0.25, -0.2) is 4.39 Å². The highest BCUT2D eigenvalue weighted by Crippen LogP contribution is 2.06. The first-order chi connectivity index (χ1) is 4.33. The number of rotatable bonds is 2. The van der Waals surface area contributed by atoms with Crippen LogP contribution < -0.4 is 10.6 Å². The average Bonchev–Trinajstić information content (AvgIpc) is 2.17. The Balaban J connectivity index is 2.21. The quantitative estimate of drug-likeness (QED) is 0.492. The number of hydrogen-bond donors (Lipinski definition) is 2. The van der Waals surface area contributed by atoms with Crippen LogP contribution in [0.4, 0.5) is 4.39 Å². The molecule has 3 nitrogen and oxygen atoms in total. The Morgan fingerprint density at radius 3 is 3.00 bits per heavy atom. The van der Waals surface area contributed by atoms with Crippen LogP contribution in [-0.2, 0) is 4.79 Å². The lowest BCUT2D eigenvalue weighted by atomic mass is 10.3. The second-order valence-electron chi connectivity index (χ2n) is 2.08. The molecule has 0 aromatic carbocycles. The largest absolute Gasteiger partial charge is 0.343 e. The van der Waals surface area contributed by atoms with E-state index < -0.39 is 6.17 Å². The van der Waals surface area contributed by atoms with Gasteiger partial charge in [0.05, 0.1) is 6.17 Å². The summed E-state index contributed by atoms with van der Waals surface area (Å²) in [5.41, 5.74) is 0. The monoisotopic (exact) mass is 132 g/mol. The van der Waals surface area contributed by atoms with Gasteiger partial charge in [0.2, 0.25) is 6.41 Å². The first kappa shape index (κ1) is 6.48. The van der Waals surface area contributed by atoms with Crippen molar-refractivity contribution in [3.05, 3.63) is 0 Å². The van der Waals surface area contributed by atoms with Crippen molar-refractivity contribution >= 4 is 6.41 Å². The molecule has 4 heteroatoms. The number of hydrogen-bond acceptors (Lipinski definition) is 2. The fraction of sp³-hybridized carbons (Fsp3) is 0.800. The maximum absolute atomic E-state index is 12.3. The second kappa shape index (κ2) is 2.77. The zero-order chi connectivity index (χ0) is 6.69. The van der Waals surface area contributed by atoms with E-state index in [1.54, 1.807) is 0 Å². The molecule has 2 atom stereocenters. The van der Waals surface area contributed by atoms with Gasteiger partial charge < -0.3 is 5.32 Å². The molecule has 1 aliphatic heterocycles. The van der Waals surface area contributed by atoms with Crippen molar-refractivity contribution in [2.75, 3.05) is 6.54 Å². The predicted molar refractivity (Wildman–Crippen MR) is 30.5 cm³/mol. The van der Waals surface area contributed by atoms with Gasteiger partial charge in [-0.3, -0.25) is 10.1 Å². The summed E-state index contributed by atoms with van der Waals surface area (Å²) < 4.78 is 12.3. The van der Waals surface area contributed by atoms with Gasteiger partial charge in [0.25, 0.3) is 0 Å². The Morgan fingerprint density at radius 1 is 1.78 bits per heavy atom. The molecule has 0 radical (unpaired) electrons. The highest BCUT2D eigenvalue weighted by Gasteiger charge is 2.22. The van der Waals surface area contributed by atoms with Crippen LogP contribution in [0, 0.1) is 0 Å². The standard InChI is InChI=1S/C5H9FN2O/c6-4-1-5(7-2-4)8-3-9/h3-5,7H,1-2H2,(H,8,9). The molecule has 1 amide bonds. The summed E-state index contributed by atoms with van der Waals surface area (Å²) in [5, 5.41) is 5.23. The molecule has 0 aromatic heterocycles. The van der Waals surface area contributed by atoms with Gasteiger partial charge in [0, 0.05) is 13.0 Å². The molecule has 1 fully saturated rings. The number of halogens is 1. The summed E-state index contributed by atoms with van der Waals surface area (Å²) in [6.07, 6.45) is 0.00833. The van der Waals surface area contributed by atoms with E-state index >= 15 is 0 Å². The van der Waals surface area contributed by atoms with Crippen molar-refractivity contribution in [2.45, 2.75) is 18.8 Å². The molecule has 0 aliphatic carbocycles. The zero-order valence-electron chi connectivity index (χ0n) is 4.93. The molecule has 0 bridgehead atoms. The summed E-state index contributed by atoms with van der Waals surface area (Å²) in [6, 6.07) is 0. The smallest absolute Gasteiger partial charge is 0.208 e. The summed E-state index contributed by atoms with van der Waals surface area (Å²) in [6.45, 7) is 0.353. The van der Waals surface area contributed by atoms with Crippen LogP contribution in [0.15, 0.2) is 0 Å². The minimum atomic E-state index is -0.803. The third kappa shape index (κ3) is 1.64. The van der Waals surface area contributed by atoms with Gasteiger partial charge in [-0.2, -0.15) is 0 Å². The third-order valence-corrected chi connectivity index (χ3v) is 1.35. The van der Waals surface area contributed by atoms with Crippen molar-refractivity contribution in [1.82, 2.24) is 10.6 Å². The van der Waals surface area contributed by atoms with E-state index in [9.17, 15) is 9.18 Å². The topological polar surface area (TPSA) is 41.1 Å². The number of carbonyl (C=O) groups is 1. The first-order valence-corrected chi connectivity index (χ1v) is 2.90. The second-order valence-corrected chi connectivity index (χ2v) is 2.08. The summed E-state index contributed by atoms with van der Waals surface area (Å²) >= 11 is 0. The molecule has 0 aromatic rings. The van der Waals surface area contributed by atoms with Gasteiger partial charge in [0.15, 0.2) is 0 Å². The van der Waals surface area contributed by atoms with Gasteiger partial charge in [-0.15, -0.1) is 0 Å². The summed E-state index contributed by atoms with van der Waals surface area (Å²) in [4.78, 5) is 9.79. The molecular formula is C5H9FN2O. The average molecular weight is 132 g/mol. The SMILES string of the molecule is O=CNC1CC(F)CN1. The van der Waals surface area contributed by atoms with E-state index in [4.69, 9.17) is 0 Å². The van der Waals surface area contributed by atoms with E-state index in [-0.39, 0.29) is 6.17 Å². The molecule has 52 valence electrons. The molecule has 1 heterocycles. The summed E-state index contributed by atoms with van der Waals surface area (Å²) in [5.74, 6) is 0. The van der Waals surface area contributed by atoms with E-state index in [1.165, 1.54) is 0 Å². The van der Waals surface area contributed by atoms with E-state index in [0.29, 0.717) is 19.4 Å². The number of alkyl halides is 1. The van der Waals surface area contributed by atoms with Crippen molar-refractivity contribution in [3.63, 3.8) is 0 Å². The highest BCUT2D eigenvalue weighted by atomic mass is 19.1. The number of nitrogens with one attached hydrogen (secondary N) is 2. The minimum Gasteiger partial charge on any atom is -0.343 e. The third-order valence-electron chi connectivity index (χ3n) is 1.35. The van der Waals surface area contributed by atoms with Gasteiger partial charge in [-0.05, 0) is 0 Å². The van der Waals surface area contributed by atoms with Gasteiger partial charge >= 0.3 is 0 Å². The van der Waals surface area contributed by atoms with Crippen LogP contribution in [-0.4, -0.2) is 25.3 Å². The van der Waals surface area contributed by atoms with E-state index in [1.807, 2.05) is 0 Å². The van der Waals surface area contributed by atoms with Crippen molar-refractivity contribution in [1.29, 1.82) is 0 Å². The maximum Gasteiger partial charge on any atom is 0.208 e. The van der Waals surface area contributed by atoms with Crippen molar-refractivity contribution in [2.24, 2.45) is 0 Å². The Labute approximate surface area is 52.6 Å². The van der Waals surface area contributed by atoms with Crippen LogP contribution in [0.5, 0.6) is 0 Å². The lowest BCUT2D eigenvalue weighted by molar-refractivity contribution is -0.110. The fourth-order valence-corrected chi connectivity index (χ4v) is 0.902.